The summed E-state index contributed by atoms with van der Waals surface area (Å²) in [4.78, 5) is 34.1. The van der Waals surface area contributed by atoms with E-state index in [-0.39, 0.29) is 32.1 Å². The average Bonchev–Trinajstić information content (AvgIpc) is 3.29. The van der Waals surface area contributed by atoms with E-state index in [0.717, 1.165) is 51.4 Å². The number of aliphatic hydroxyl groups is 1. The van der Waals surface area contributed by atoms with E-state index in [4.69, 9.17) is 13.8 Å². The Balaban J connectivity index is 3.53. The normalized spacial score (nSPS) is 13.5. The van der Waals surface area contributed by atoms with Crippen LogP contribution in [0.1, 0.15) is 258 Å². The van der Waals surface area contributed by atoms with Gasteiger partial charge in [0.15, 0.2) is 0 Å². The standard InChI is InChI=1S/C55H102NO8P/c1-3-5-7-9-11-13-15-17-19-21-23-25-26-28-30-32-34-36-38-40-42-44-46-48-55(59)62-51-53(57)52-64-65(60,61)63-50-49-56-54(58)47-45-43-41-39-37-35-33-31-29-27-24-22-20-18-16-14-12-10-8-6-4-2/h11-14,17-20,53,57H,3-10,15-16,21-52H2,1-2H3,(H,56,58)(H,60,61)/b13-11-,14-12-,19-17-,20-18-. The predicted molar refractivity (Wildman–Crippen MR) is 275 cm³/mol. The van der Waals surface area contributed by atoms with E-state index < -0.39 is 26.5 Å². The maximum Gasteiger partial charge on any atom is 0.472 e. The van der Waals surface area contributed by atoms with Crippen LogP contribution in [0.15, 0.2) is 48.6 Å². The fourth-order valence-corrected chi connectivity index (χ4v) is 8.38. The molecule has 0 aliphatic heterocycles. The number of nitrogens with one attached hydrogen (secondary N) is 1. The molecule has 380 valence electrons. The van der Waals surface area contributed by atoms with E-state index in [0.29, 0.717) is 6.42 Å². The first kappa shape index (κ1) is 63.0. The van der Waals surface area contributed by atoms with Crippen LogP contribution in [0, 0.1) is 0 Å². The lowest BCUT2D eigenvalue weighted by Gasteiger charge is -2.15. The first-order valence-corrected chi connectivity index (χ1v) is 28.6. The van der Waals surface area contributed by atoms with Gasteiger partial charge in [-0.2, -0.15) is 0 Å². The summed E-state index contributed by atoms with van der Waals surface area (Å²) in [7, 11) is -4.43. The van der Waals surface area contributed by atoms with Gasteiger partial charge in [-0.05, 0) is 77.0 Å². The smallest absolute Gasteiger partial charge is 0.463 e. The van der Waals surface area contributed by atoms with Crippen molar-refractivity contribution in [2.75, 3.05) is 26.4 Å². The highest BCUT2D eigenvalue weighted by atomic mass is 31.2. The summed E-state index contributed by atoms with van der Waals surface area (Å²) < 4.78 is 27.0. The zero-order valence-electron chi connectivity index (χ0n) is 42.2. The lowest BCUT2D eigenvalue weighted by atomic mass is 10.0. The van der Waals surface area contributed by atoms with Crippen LogP contribution in [-0.4, -0.2) is 54.3 Å². The van der Waals surface area contributed by atoms with Gasteiger partial charge in [0.05, 0.1) is 13.2 Å². The predicted octanol–water partition coefficient (Wildman–Crippen LogP) is 16.2. The topological polar surface area (TPSA) is 131 Å². The second-order valence-corrected chi connectivity index (χ2v) is 19.6. The number of allylic oxidation sites excluding steroid dienone is 8. The molecule has 0 fully saturated rings. The third kappa shape index (κ3) is 52.8. The molecule has 0 rings (SSSR count). The van der Waals surface area contributed by atoms with Gasteiger partial charge in [-0.15, -0.1) is 0 Å². The van der Waals surface area contributed by atoms with Crippen molar-refractivity contribution in [3.63, 3.8) is 0 Å². The molecule has 65 heavy (non-hydrogen) atoms. The van der Waals surface area contributed by atoms with Gasteiger partial charge in [0.25, 0.3) is 0 Å². The first-order valence-electron chi connectivity index (χ1n) is 27.1. The third-order valence-corrected chi connectivity index (χ3v) is 12.7. The van der Waals surface area contributed by atoms with E-state index in [2.05, 4.69) is 67.8 Å². The van der Waals surface area contributed by atoms with Gasteiger partial charge in [0.1, 0.15) is 12.7 Å². The quantitative estimate of drug-likeness (QED) is 0.0238. The van der Waals surface area contributed by atoms with Crippen LogP contribution in [-0.2, 0) is 27.9 Å². The van der Waals surface area contributed by atoms with Crippen LogP contribution in [0.4, 0.5) is 0 Å². The maximum absolute atomic E-state index is 12.2. The summed E-state index contributed by atoms with van der Waals surface area (Å²) in [5.74, 6) is -0.512. The van der Waals surface area contributed by atoms with Crippen LogP contribution < -0.4 is 5.32 Å². The van der Waals surface area contributed by atoms with Gasteiger partial charge < -0.3 is 20.1 Å². The Labute approximate surface area is 400 Å². The van der Waals surface area contributed by atoms with Gasteiger partial charge >= 0.3 is 13.8 Å². The van der Waals surface area contributed by atoms with E-state index in [1.165, 1.54) is 180 Å². The van der Waals surface area contributed by atoms with Crippen molar-refractivity contribution < 1.29 is 37.9 Å². The number of unbranched alkanes of at least 4 members (excludes halogenated alkanes) is 30. The fraction of sp³-hybridized carbons (Fsp3) is 0.818. The van der Waals surface area contributed by atoms with Gasteiger partial charge in [-0.1, -0.05) is 217 Å². The minimum absolute atomic E-state index is 0.0808. The van der Waals surface area contributed by atoms with Gasteiger partial charge in [0.2, 0.25) is 5.91 Å². The van der Waals surface area contributed by atoms with Crippen LogP contribution in [0.25, 0.3) is 0 Å². The molecular weight excluding hydrogens is 834 g/mol. The minimum atomic E-state index is -4.43. The van der Waals surface area contributed by atoms with E-state index in [1.54, 1.807) is 0 Å². The van der Waals surface area contributed by atoms with Crippen molar-refractivity contribution >= 4 is 19.7 Å². The van der Waals surface area contributed by atoms with Crippen LogP contribution in [0.2, 0.25) is 0 Å². The van der Waals surface area contributed by atoms with E-state index in [1.807, 2.05) is 0 Å². The minimum Gasteiger partial charge on any atom is -0.463 e. The highest BCUT2D eigenvalue weighted by Crippen LogP contribution is 2.42. The molecule has 0 saturated heterocycles. The van der Waals surface area contributed by atoms with Crippen LogP contribution in [0.3, 0.4) is 0 Å². The Hall–Kier alpha value is -2.03. The maximum atomic E-state index is 12.2. The zero-order valence-corrected chi connectivity index (χ0v) is 43.1. The number of amides is 1. The van der Waals surface area contributed by atoms with Gasteiger partial charge in [-0.25, -0.2) is 4.57 Å². The molecule has 0 aliphatic carbocycles. The summed E-state index contributed by atoms with van der Waals surface area (Å²) in [5.41, 5.74) is 0. The van der Waals surface area contributed by atoms with E-state index >= 15 is 0 Å². The molecule has 10 heteroatoms. The number of hydrogen-bond donors (Lipinski definition) is 3. The lowest BCUT2D eigenvalue weighted by molar-refractivity contribution is -0.147. The molecule has 0 aromatic heterocycles. The number of aliphatic hydroxyl groups excluding tert-OH is 1. The molecule has 0 spiro atoms. The third-order valence-electron chi connectivity index (χ3n) is 11.7. The summed E-state index contributed by atoms with van der Waals surface area (Å²) in [6, 6.07) is 0. The Kier molecular flexibility index (Phi) is 49.8. The van der Waals surface area contributed by atoms with E-state index in [9.17, 15) is 24.2 Å². The number of esters is 1. The summed E-state index contributed by atoms with van der Waals surface area (Å²) in [6.07, 6.45) is 61.9. The van der Waals surface area contributed by atoms with Crippen LogP contribution >= 0.6 is 7.82 Å². The molecule has 0 aliphatic rings. The molecule has 2 unspecified atom stereocenters. The first-order chi connectivity index (χ1) is 31.8. The van der Waals surface area contributed by atoms with Crippen molar-refractivity contribution in [2.45, 2.75) is 264 Å². The number of phosphoric ester groups is 1. The molecule has 0 aromatic carbocycles. The number of carbonyl (C=O) groups excluding carboxylic acids is 2. The molecule has 0 heterocycles. The number of ether oxygens (including phenoxy) is 1. The Morgan fingerprint density at radius 3 is 1.23 bits per heavy atom. The Morgan fingerprint density at radius 1 is 0.477 bits per heavy atom. The van der Waals surface area contributed by atoms with Crippen molar-refractivity contribution in [1.82, 2.24) is 5.32 Å². The molecule has 0 radical (unpaired) electrons. The van der Waals surface area contributed by atoms with Crippen molar-refractivity contribution in [1.29, 1.82) is 0 Å². The highest BCUT2D eigenvalue weighted by Gasteiger charge is 2.23. The molecule has 0 bridgehead atoms. The molecule has 9 nitrogen and oxygen atoms in total. The molecule has 3 N–H and O–H groups in total. The number of hydrogen-bond acceptors (Lipinski definition) is 7. The Bertz CT molecular complexity index is 1200. The summed E-state index contributed by atoms with van der Waals surface area (Å²) in [5, 5.41) is 12.8. The SMILES string of the molecule is CCCCC/C=C\C/C=C\CCCCCCCCCCCCCCCC(=O)OCC(O)COP(=O)(O)OCCNC(=O)CCCCCCCCCCCCC/C=C\C/C=C\CCCCC. The Morgan fingerprint density at radius 2 is 0.831 bits per heavy atom. The van der Waals surface area contributed by atoms with Crippen LogP contribution in [0.5, 0.6) is 0 Å². The van der Waals surface area contributed by atoms with Crippen molar-refractivity contribution in [2.24, 2.45) is 0 Å². The number of carbonyl (C=O) groups is 2. The summed E-state index contributed by atoms with van der Waals surface area (Å²) in [6.45, 7) is 3.54. The summed E-state index contributed by atoms with van der Waals surface area (Å²) >= 11 is 0. The molecule has 1 amide bonds. The second-order valence-electron chi connectivity index (χ2n) is 18.2. The van der Waals surface area contributed by atoms with Crippen molar-refractivity contribution in [3.8, 4) is 0 Å². The largest absolute Gasteiger partial charge is 0.472 e. The second kappa shape index (κ2) is 51.4. The average molecular weight is 936 g/mol. The van der Waals surface area contributed by atoms with Gasteiger partial charge in [-0.3, -0.25) is 18.6 Å². The molecule has 0 aromatic rings. The fourth-order valence-electron chi connectivity index (χ4n) is 7.62. The molecular formula is C55H102NO8P. The van der Waals surface area contributed by atoms with Gasteiger partial charge in [0, 0.05) is 19.4 Å². The van der Waals surface area contributed by atoms with Crippen molar-refractivity contribution in [3.05, 3.63) is 48.6 Å². The molecule has 2 atom stereocenters. The number of rotatable bonds is 51. The monoisotopic (exact) mass is 936 g/mol. The lowest BCUT2D eigenvalue weighted by Crippen LogP contribution is -2.27. The number of phosphoric acid groups is 1. The zero-order chi connectivity index (χ0) is 47.4. The molecule has 0 saturated carbocycles. The highest BCUT2D eigenvalue weighted by molar-refractivity contribution is 7.47.